The zero-order valence-corrected chi connectivity index (χ0v) is 19.1. The third kappa shape index (κ3) is 4.54. The van der Waals surface area contributed by atoms with E-state index >= 15 is 0 Å². The minimum absolute atomic E-state index is 0.210. The molecule has 2 aromatic heterocycles. The molecule has 2 atom stereocenters. The fourth-order valence-corrected chi connectivity index (χ4v) is 3.93. The first-order chi connectivity index (χ1) is 16.2. The number of nitrogens with zero attached hydrogens (tertiary/aromatic N) is 5. The molecule has 0 aliphatic carbocycles. The maximum Gasteiger partial charge on any atom is 0.261 e. The lowest BCUT2D eigenvalue weighted by Crippen LogP contribution is -2.36. The summed E-state index contributed by atoms with van der Waals surface area (Å²) in [6.07, 6.45) is 5.59. The van der Waals surface area contributed by atoms with Crippen molar-refractivity contribution in [3.05, 3.63) is 59.7 Å². The molecule has 5 rings (SSSR count). The number of fused-ring (bicyclic) bond motifs is 2. The molecule has 2 unspecified atom stereocenters. The number of hydrogen-bond donors (Lipinski definition) is 1. The molecular formula is C24H25N5O5. The summed E-state index contributed by atoms with van der Waals surface area (Å²) in [5.74, 6) is -1.52. The van der Waals surface area contributed by atoms with E-state index in [4.69, 9.17) is 9.84 Å². The van der Waals surface area contributed by atoms with Gasteiger partial charge < -0.3 is 19.1 Å². The molecule has 0 bridgehead atoms. The van der Waals surface area contributed by atoms with Gasteiger partial charge in [-0.15, -0.1) is 0 Å². The molecule has 4 heterocycles. The third-order valence-corrected chi connectivity index (χ3v) is 5.77. The van der Waals surface area contributed by atoms with Crippen LogP contribution in [-0.4, -0.2) is 61.9 Å². The number of hydrogen-bond acceptors (Lipinski definition) is 8. The molecule has 1 aromatic carbocycles. The second-order valence-electron chi connectivity index (χ2n) is 8.53. The second-order valence-corrected chi connectivity index (χ2v) is 8.53. The van der Waals surface area contributed by atoms with Crippen molar-refractivity contribution in [3.63, 3.8) is 0 Å². The summed E-state index contributed by atoms with van der Waals surface area (Å²) in [5, 5.41) is 18.6. The Labute approximate surface area is 196 Å². The molecule has 10 nitrogen and oxygen atoms in total. The van der Waals surface area contributed by atoms with Gasteiger partial charge in [0.05, 0.1) is 34.7 Å². The Hall–Kier alpha value is -3.65. The predicted octanol–water partition coefficient (Wildman–Crippen LogP) is 2.64. The fraction of sp³-hybridized carbons (Fsp3) is 0.375. The Morgan fingerprint density at radius 1 is 1.24 bits per heavy atom. The molecule has 10 heteroatoms. The molecule has 0 saturated carbocycles. The van der Waals surface area contributed by atoms with Crippen LogP contribution in [0.15, 0.2) is 43.0 Å². The Morgan fingerprint density at radius 2 is 1.88 bits per heavy atom. The predicted molar refractivity (Wildman–Crippen MR) is 121 cm³/mol. The Morgan fingerprint density at radius 3 is 2.47 bits per heavy atom. The van der Waals surface area contributed by atoms with Crippen LogP contribution in [0.25, 0.3) is 11.0 Å². The van der Waals surface area contributed by atoms with E-state index in [-0.39, 0.29) is 30.7 Å². The molecule has 3 aromatic rings. The van der Waals surface area contributed by atoms with Gasteiger partial charge in [-0.2, -0.15) is 5.26 Å². The molecule has 1 N–H and O–H groups in total. The lowest BCUT2D eigenvalue weighted by atomic mass is 10.1. The van der Waals surface area contributed by atoms with E-state index in [1.54, 1.807) is 50.5 Å². The van der Waals surface area contributed by atoms with Gasteiger partial charge in [-0.05, 0) is 38.8 Å². The van der Waals surface area contributed by atoms with Gasteiger partial charge in [0.25, 0.3) is 11.8 Å². The van der Waals surface area contributed by atoms with Crippen LogP contribution < -0.4 is 0 Å². The van der Waals surface area contributed by atoms with Gasteiger partial charge in [0.2, 0.25) is 0 Å². The first-order valence-corrected chi connectivity index (χ1v) is 10.8. The molecule has 0 radical (unpaired) electrons. The number of methoxy groups -OCH3 is 1. The number of aliphatic hydroxyl groups is 1. The van der Waals surface area contributed by atoms with Crippen LogP contribution in [-0.2, 0) is 9.47 Å². The summed E-state index contributed by atoms with van der Waals surface area (Å²) in [7, 11) is 1.46. The van der Waals surface area contributed by atoms with Crippen molar-refractivity contribution < 1.29 is 24.2 Å². The van der Waals surface area contributed by atoms with E-state index in [1.165, 1.54) is 18.3 Å². The Kier molecular flexibility index (Phi) is 6.43. The van der Waals surface area contributed by atoms with Crippen molar-refractivity contribution in [2.24, 2.45) is 0 Å². The maximum atomic E-state index is 12.6. The van der Waals surface area contributed by atoms with Gasteiger partial charge in [0.1, 0.15) is 24.3 Å². The number of benzene rings is 1. The van der Waals surface area contributed by atoms with Gasteiger partial charge in [-0.25, -0.2) is 9.97 Å². The van der Waals surface area contributed by atoms with Crippen LogP contribution in [0.3, 0.4) is 0 Å². The maximum absolute atomic E-state index is 12.6. The number of nitriles is 1. The highest BCUT2D eigenvalue weighted by Gasteiger charge is 2.38. The third-order valence-electron chi connectivity index (χ3n) is 5.77. The number of imide groups is 1. The van der Waals surface area contributed by atoms with Crippen LogP contribution in [0.2, 0.25) is 0 Å². The molecule has 34 heavy (non-hydrogen) atoms. The molecule has 2 aliphatic rings. The average Bonchev–Trinajstić information content (AvgIpc) is 3.51. The SMILES string of the molecule is COC(C)(C)O.N#Cc1cn(C2CCC(CN3C(=O)c4ccccc4C3=O)O2)c2ncncc12. The smallest absolute Gasteiger partial charge is 0.261 e. The van der Waals surface area contributed by atoms with Gasteiger partial charge in [-0.3, -0.25) is 14.5 Å². The van der Waals surface area contributed by atoms with Crippen molar-refractivity contribution in [1.82, 2.24) is 19.4 Å². The first-order valence-electron chi connectivity index (χ1n) is 10.8. The van der Waals surface area contributed by atoms with Gasteiger partial charge in [0.15, 0.2) is 5.79 Å². The van der Waals surface area contributed by atoms with Crippen molar-refractivity contribution in [1.29, 1.82) is 5.26 Å². The monoisotopic (exact) mass is 463 g/mol. The Bertz CT molecular complexity index is 1240. The standard InChI is InChI=1S/C20H15N5O3.C4H10O2/c21-7-12-9-24(18-16(12)8-22-11-23-18)17-6-5-13(28-17)10-25-19(26)14-3-1-2-4-15(14)20(25)27;1-4(2,5)6-3/h1-4,8-9,11,13,17H,5-6,10H2;5H,1-3H3. The van der Waals surface area contributed by atoms with Gasteiger partial charge in [0, 0.05) is 19.5 Å². The lowest BCUT2D eigenvalue weighted by Gasteiger charge is -2.20. The highest BCUT2D eigenvalue weighted by molar-refractivity contribution is 6.21. The van der Waals surface area contributed by atoms with Crippen LogP contribution >= 0.6 is 0 Å². The van der Waals surface area contributed by atoms with E-state index < -0.39 is 5.79 Å². The van der Waals surface area contributed by atoms with E-state index in [9.17, 15) is 14.9 Å². The Balaban J connectivity index is 0.000000408. The highest BCUT2D eigenvalue weighted by atomic mass is 16.6. The average molecular weight is 463 g/mol. The zero-order chi connectivity index (χ0) is 24.5. The number of aromatic nitrogens is 3. The first kappa shape index (κ1) is 23.5. The van der Waals surface area contributed by atoms with E-state index in [2.05, 4.69) is 20.8 Å². The van der Waals surface area contributed by atoms with Crippen LogP contribution in [0.5, 0.6) is 0 Å². The molecule has 2 amide bonds. The number of ether oxygens (including phenoxy) is 2. The molecular weight excluding hydrogens is 438 g/mol. The summed E-state index contributed by atoms with van der Waals surface area (Å²) < 4.78 is 12.4. The fourth-order valence-electron chi connectivity index (χ4n) is 3.93. The number of carbonyl (C=O) groups is 2. The largest absolute Gasteiger partial charge is 0.366 e. The van der Waals surface area contributed by atoms with E-state index in [1.807, 2.05) is 4.57 Å². The van der Waals surface area contributed by atoms with Crippen LogP contribution in [0, 0.1) is 11.3 Å². The second kappa shape index (κ2) is 9.30. The van der Waals surface area contributed by atoms with Crippen molar-refractivity contribution in [2.45, 2.75) is 44.8 Å². The number of amides is 2. The zero-order valence-electron chi connectivity index (χ0n) is 19.1. The van der Waals surface area contributed by atoms with E-state index in [0.717, 1.165) is 0 Å². The quantitative estimate of drug-likeness (QED) is 0.462. The lowest BCUT2D eigenvalue weighted by molar-refractivity contribution is -0.155. The minimum atomic E-state index is -0.958. The highest BCUT2D eigenvalue weighted by Crippen LogP contribution is 2.33. The molecule has 0 spiro atoms. The van der Waals surface area contributed by atoms with Gasteiger partial charge >= 0.3 is 0 Å². The number of rotatable bonds is 4. The number of carbonyl (C=O) groups excluding carboxylic acids is 2. The molecule has 1 fully saturated rings. The molecule has 1 saturated heterocycles. The van der Waals surface area contributed by atoms with Crippen molar-refractivity contribution in [3.8, 4) is 6.07 Å². The summed E-state index contributed by atoms with van der Waals surface area (Å²) in [4.78, 5) is 34.6. The topological polar surface area (TPSA) is 131 Å². The summed E-state index contributed by atoms with van der Waals surface area (Å²) in [5.41, 5.74) is 2.00. The van der Waals surface area contributed by atoms with Gasteiger partial charge in [-0.1, -0.05) is 12.1 Å². The van der Waals surface area contributed by atoms with Crippen LogP contribution in [0.1, 0.15) is 59.2 Å². The van der Waals surface area contributed by atoms with E-state index in [0.29, 0.717) is 40.6 Å². The minimum Gasteiger partial charge on any atom is -0.366 e. The summed E-state index contributed by atoms with van der Waals surface area (Å²) >= 11 is 0. The van der Waals surface area contributed by atoms with Crippen molar-refractivity contribution >= 4 is 22.8 Å². The van der Waals surface area contributed by atoms with Crippen molar-refractivity contribution in [2.75, 3.05) is 13.7 Å². The van der Waals surface area contributed by atoms with Crippen LogP contribution in [0.4, 0.5) is 0 Å². The normalized spacial score (nSPS) is 19.7. The molecule has 2 aliphatic heterocycles. The molecule has 176 valence electrons. The summed E-state index contributed by atoms with van der Waals surface area (Å²) in [6, 6.07) is 8.99. The summed E-state index contributed by atoms with van der Waals surface area (Å²) in [6.45, 7) is 3.36.